The topological polar surface area (TPSA) is 54.3 Å². The number of amides is 1. The molecular formula is C18H15N3O2S2. The number of benzene rings is 2. The van der Waals surface area contributed by atoms with Gasteiger partial charge in [0.05, 0.1) is 13.2 Å². The first-order valence-electron chi connectivity index (χ1n) is 7.73. The lowest BCUT2D eigenvalue weighted by Gasteiger charge is -2.28. The molecule has 1 amide bonds. The Kier molecular flexibility index (Phi) is 4.27. The van der Waals surface area contributed by atoms with Gasteiger partial charge in [-0.1, -0.05) is 42.5 Å². The second-order valence-electron chi connectivity index (χ2n) is 5.60. The summed E-state index contributed by atoms with van der Waals surface area (Å²) >= 11 is 5.91. The van der Waals surface area contributed by atoms with Gasteiger partial charge in [0.15, 0.2) is 5.17 Å². The zero-order valence-electron chi connectivity index (χ0n) is 13.4. The van der Waals surface area contributed by atoms with Crippen molar-refractivity contribution < 1.29 is 9.53 Å². The van der Waals surface area contributed by atoms with Crippen molar-refractivity contribution in [1.29, 1.82) is 0 Å². The Labute approximate surface area is 155 Å². The molecule has 0 fully saturated rings. The van der Waals surface area contributed by atoms with Crippen molar-refractivity contribution in [1.82, 2.24) is 5.01 Å². The molecule has 2 aromatic carbocycles. The van der Waals surface area contributed by atoms with Gasteiger partial charge in [-0.3, -0.25) is 9.79 Å². The van der Waals surface area contributed by atoms with Crippen LogP contribution in [-0.2, 0) is 4.79 Å². The summed E-state index contributed by atoms with van der Waals surface area (Å²) in [4.78, 5) is 17.4. The lowest BCUT2D eigenvalue weighted by Crippen LogP contribution is -2.41. The molecule has 7 heteroatoms. The van der Waals surface area contributed by atoms with E-state index in [0.29, 0.717) is 5.17 Å². The van der Waals surface area contributed by atoms with Crippen LogP contribution in [0.3, 0.4) is 0 Å². The van der Waals surface area contributed by atoms with Crippen LogP contribution in [0.2, 0.25) is 0 Å². The van der Waals surface area contributed by atoms with E-state index in [4.69, 9.17) is 9.73 Å². The van der Waals surface area contributed by atoms with E-state index in [-0.39, 0.29) is 11.9 Å². The lowest BCUT2D eigenvalue weighted by atomic mass is 10.0. The monoisotopic (exact) mass is 369 g/mol. The van der Waals surface area contributed by atoms with Gasteiger partial charge in [-0.15, -0.1) is 0 Å². The summed E-state index contributed by atoms with van der Waals surface area (Å²) in [6.45, 7) is 0. The molecule has 0 aliphatic carbocycles. The number of amidine groups is 1. The van der Waals surface area contributed by atoms with E-state index in [1.54, 1.807) is 7.11 Å². The van der Waals surface area contributed by atoms with Crippen molar-refractivity contribution in [3.8, 4) is 5.75 Å². The number of thioether (sulfide) groups is 1. The van der Waals surface area contributed by atoms with Gasteiger partial charge in [0, 0.05) is 5.56 Å². The summed E-state index contributed by atoms with van der Waals surface area (Å²) in [5, 5.41) is 6.58. The van der Waals surface area contributed by atoms with E-state index >= 15 is 0 Å². The Balaban J connectivity index is 1.66. The molecule has 5 nitrogen and oxygen atoms in total. The number of ether oxygens (including phenoxy) is 1. The molecule has 0 saturated heterocycles. The highest BCUT2D eigenvalue weighted by atomic mass is 32.2. The number of aliphatic imine (C=N–C) groups is 1. The zero-order chi connectivity index (χ0) is 17.4. The molecule has 0 saturated carbocycles. The third-order valence-electron chi connectivity index (χ3n) is 4.05. The highest BCUT2D eigenvalue weighted by Gasteiger charge is 2.41. The van der Waals surface area contributed by atoms with Crippen molar-refractivity contribution in [3.63, 3.8) is 0 Å². The Hall–Kier alpha value is -2.25. The SMILES string of the molecule is COc1ccc([C@H]2N=C3SC(c4ccccc4)=NN3C(=O)[C@H]2S)cc1. The third-order valence-corrected chi connectivity index (χ3v) is 5.52. The van der Waals surface area contributed by atoms with Crippen LogP contribution in [0.5, 0.6) is 5.75 Å². The molecule has 2 atom stereocenters. The number of methoxy groups -OCH3 is 1. The first-order chi connectivity index (χ1) is 12.2. The Morgan fingerprint density at radius 3 is 2.52 bits per heavy atom. The minimum absolute atomic E-state index is 0.160. The fraction of sp³-hybridized carbons (Fsp3) is 0.167. The highest BCUT2D eigenvalue weighted by molar-refractivity contribution is 8.27. The lowest BCUT2D eigenvalue weighted by molar-refractivity contribution is -0.127. The number of fused-ring (bicyclic) bond motifs is 1. The second kappa shape index (κ2) is 6.57. The van der Waals surface area contributed by atoms with Crippen molar-refractivity contribution in [2.24, 2.45) is 10.1 Å². The van der Waals surface area contributed by atoms with Gasteiger partial charge in [0.25, 0.3) is 5.91 Å². The third kappa shape index (κ3) is 2.94. The fourth-order valence-electron chi connectivity index (χ4n) is 2.71. The normalized spacial score (nSPS) is 22.3. The smallest absolute Gasteiger partial charge is 0.264 e. The number of hydrazone groups is 1. The fourth-order valence-corrected chi connectivity index (χ4v) is 3.99. The number of thiol groups is 1. The summed E-state index contributed by atoms with van der Waals surface area (Å²) in [6, 6.07) is 17.0. The highest BCUT2D eigenvalue weighted by Crippen LogP contribution is 2.37. The first kappa shape index (κ1) is 16.2. The molecule has 2 heterocycles. The first-order valence-corrected chi connectivity index (χ1v) is 9.06. The molecule has 0 radical (unpaired) electrons. The molecule has 4 rings (SSSR count). The van der Waals surface area contributed by atoms with E-state index in [1.165, 1.54) is 16.8 Å². The number of hydrogen-bond acceptors (Lipinski definition) is 6. The molecule has 0 N–H and O–H groups in total. The van der Waals surface area contributed by atoms with Gasteiger partial charge in [-0.2, -0.15) is 22.7 Å². The van der Waals surface area contributed by atoms with Crippen LogP contribution in [0.15, 0.2) is 64.7 Å². The minimum atomic E-state index is -0.573. The maximum atomic E-state index is 12.7. The van der Waals surface area contributed by atoms with Gasteiger partial charge in [-0.05, 0) is 29.5 Å². The number of hydrogen-bond donors (Lipinski definition) is 1. The van der Waals surface area contributed by atoms with Gasteiger partial charge < -0.3 is 4.74 Å². The average Bonchev–Trinajstić information content (AvgIpc) is 3.10. The zero-order valence-corrected chi connectivity index (χ0v) is 15.1. The van der Waals surface area contributed by atoms with E-state index in [2.05, 4.69) is 17.7 Å². The van der Waals surface area contributed by atoms with Crippen LogP contribution in [0.1, 0.15) is 17.2 Å². The second-order valence-corrected chi connectivity index (χ2v) is 7.11. The van der Waals surface area contributed by atoms with Crippen LogP contribution >= 0.6 is 24.4 Å². The molecule has 0 aromatic heterocycles. The maximum Gasteiger partial charge on any atom is 0.264 e. The van der Waals surface area contributed by atoms with Crippen LogP contribution in [0, 0.1) is 0 Å². The number of rotatable bonds is 3. The average molecular weight is 369 g/mol. The molecule has 0 unspecified atom stereocenters. The Morgan fingerprint density at radius 1 is 1.12 bits per heavy atom. The summed E-state index contributed by atoms with van der Waals surface area (Å²) in [7, 11) is 1.62. The largest absolute Gasteiger partial charge is 0.497 e. The molecule has 2 aromatic rings. The minimum Gasteiger partial charge on any atom is -0.497 e. The predicted molar refractivity (Wildman–Crippen MR) is 103 cm³/mol. The van der Waals surface area contributed by atoms with Crippen LogP contribution in [0.25, 0.3) is 0 Å². The van der Waals surface area contributed by atoms with Crippen molar-refractivity contribution >= 4 is 40.5 Å². The van der Waals surface area contributed by atoms with E-state index < -0.39 is 5.25 Å². The van der Waals surface area contributed by atoms with Gasteiger partial charge >= 0.3 is 0 Å². The molecular weight excluding hydrogens is 354 g/mol. The maximum absolute atomic E-state index is 12.7. The van der Waals surface area contributed by atoms with E-state index in [1.807, 2.05) is 54.6 Å². The summed E-state index contributed by atoms with van der Waals surface area (Å²) in [5.74, 6) is 0.605. The summed E-state index contributed by atoms with van der Waals surface area (Å²) in [6.07, 6.45) is 0. The van der Waals surface area contributed by atoms with E-state index in [0.717, 1.165) is 21.9 Å². The molecule has 2 aliphatic rings. The molecule has 0 spiro atoms. The van der Waals surface area contributed by atoms with Gasteiger partial charge in [0.1, 0.15) is 16.0 Å². The Bertz CT molecular complexity index is 866. The van der Waals surface area contributed by atoms with Crippen LogP contribution in [-0.4, -0.2) is 33.5 Å². The van der Waals surface area contributed by atoms with Gasteiger partial charge in [-0.25, -0.2) is 0 Å². The Morgan fingerprint density at radius 2 is 1.84 bits per heavy atom. The number of nitrogens with zero attached hydrogens (tertiary/aromatic N) is 3. The molecule has 0 bridgehead atoms. The van der Waals surface area contributed by atoms with Gasteiger partial charge in [0.2, 0.25) is 0 Å². The van der Waals surface area contributed by atoms with Crippen LogP contribution in [0.4, 0.5) is 0 Å². The number of carbonyl (C=O) groups is 1. The van der Waals surface area contributed by atoms with E-state index in [9.17, 15) is 4.79 Å². The predicted octanol–water partition coefficient (Wildman–Crippen LogP) is 3.34. The molecule has 2 aliphatic heterocycles. The van der Waals surface area contributed by atoms with Crippen LogP contribution < -0.4 is 4.74 Å². The molecule has 25 heavy (non-hydrogen) atoms. The molecule has 126 valence electrons. The van der Waals surface area contributed by atoms with Crippen molar-refractivity contribution in [3.05, 3.63) is 65.7 Å². The standard InChI is InChI=1S/C18H15N3O2S2/c1-23-13-9-7-11(8-10-13)14-15(24)17(22)21-18(19-14)25-16(20-21)12-5-3-2-4-6-12/h2-10,14-15,24H,1H3/t14-,15+/m1/s1. The number of carbonyl (C=O) groups excluding carboxylic acids is 1. The van der Waals surface area contributed by atoms with Crippen molar-refractivity contribution in [2.45, 2.75) is 11.3 Å². The summed E-state index contributed by atoms with van der Waals surface area (Å²) < 4.78 is 5.18. The summed E-state index contributed by atoms with van der Waals surface area (Å²) in [5.41, 5.74) is 1.89. The quantitative estimate of drug-likeness (QED) is 0.845. The van der Waals surface area contributed by atoms with Crippen molar-refractivity contribution in [2.75, 3.05) is 7.11 Å².